The predicted molar refractivity (Wildman–Crippen MR) is 75.1 cm³/mol. The van der Waals surface area contributed by atoms with E-state index in [1.54, 1.807) is 13.2 Å². The summed E-state index contributed by atoms with van der Waals surface area (Å²) in [5, 5.41) is 9.25. The molecule has 0 amide bonds. The SMILES string of the molecule is COc1ccc([C@H](N)CCCO)c(Cl)c1OC.Cl. The second-order valence-corrected chi connectivity index (χ2v) is 4.05. The minimum atomic E-state index is -0.213. The lowest BCUT2D eigenvalue weighted by Gasteiger charge is -2.17. The first kappa shape index (κ1) is 17.3. The van der Waals surface area contributed by atoms with Crippen molar-refractivity contribution in [2.75, 3.05) is 20.8 Å². The maximum atomic E-state index is 8.78. The van der Waals surface area contributed by atoms with E-state index in [0.717, 1.165) is 5.56 Å². The van der Waals surface area contributed by atoms with Crippen molar-refractivity contribution in [3.63, 3.8) is 0 Å². The lowest BCUT2D eigenvalue weighted by atomic mass is 10.0. The predicted octanol–water partition coefficient (Wildman–Crippen LogP) is 2.55. The molecule has 1 aromatic carbocycles. The second-order valence-electron chi connectivity index (χ2n) is 3.68. The topological polar surface area (TPSA) is 64.7 Å². The Labute approximate surface area is 118 Å². The molecule has 104 valence electrons. The van der Waals surface area contributed by atoms with E-state index in [4.69, 9.17) is 31.9 Å². The lowest BCUT2D eigenvalue weighted by molar-refractivity contribution is 0.280. The third-order valence-electron chi connectivity index (χ3n) is 2.59. The van der Waals surface area contributed by atoms with Crippen LogP contribution in [0.2, 0.25) is 5.02 Å². The van der Waals surface area contributed by atoms with E-state index in [-0.39, 0.29) is 25.1 Å². The van der Waals surface area contributed by atoms with E-state index < -0.39 is 0 Å². The van der Waals surface area contributed by atoms with Crippen molar-refractivity contribution >= 4 is 24.0 Å². The minimum Gasteiger partial charge on any atom is -0.493 e. The van der Waals surface area contributed by atoms with Crippen LogP contribution < -0.4 is 15.2 Å². The van der Waals surface area contributed by atoms with Gasteiger partial charge in [0.1, 0.15) is 0 Å². The molecule has 0 aromatic heterocycles. The Kier molecular flexibility index (Phi) is 8.11. The lowest BCUT2D eigenvalue weighted by Crippen LogP contribution is -2.12. The average molecular weight is 296 g/mol. The van der Waals surface area contributed by atoms with Gasteiger partial charge in [-0.15, -0.1) is 12.4 Å². The zero-order valence-corrected chi connectivity index (χ0v) is 12.1. The highest BCUT2D eigenvalue weighted by Gasteiger charge is 2.17. The first-order valence-corrected chi connectivity index (χ1v) is 5.80. The molecule has 0 aliphatic rings. The summed E-state index contributed by atoms with van der Waals surface area (Å²) in [7, 11) is 3.09. The number of nitrogens with two attached hydrogens (primary N) is 1. The summed E-state index contributed by atoms with van der Waals surface area (Å²) < 4.78 is 10.3. The molecule has 0 heterocycles. The zero-order chi connectivity index (χ0) is 12.8. The molecule has 6 heteroatoms. The highest BCUT2D eigenvalue weighted by Crippen LogP contribution is 2.39. The molecular weight excluding hydrogens is 277 g/mol. The van der Waals surface area contributed by atoms with Gasteiger partial charge in [0.25, 0.3) is 0 Å². The summed E-state index contributed by atoms with van der Waals surface area (Å²) in [6.07, 6.45) is 1.32. The average Bonchev–Trinajstić information content (AvgIpc) is 2.35. The van der Waals surface area contributed by atoms with Crippen LogP contribution in [0, 0.1) is 0 Å². The molecular formula is C12H19Cl2NO3. The molecule has 0 radical (unpaired) electrons. The van der Waals surface area contributed by atoms with E-state index in [1.165, 1.54) is 7.11 Å². The molecule has 0 bridgehead atoms. The van der Waals surface area contributed by atoms with Crippen LogP contribution in [0.25, 0.3) is 0 Å². The van der Waals surface area contributed by atoms with Crippen LogP contribution in [0.4, 0.5) is 0 Å². The van der Waals surface area contributed by atoms with Crippen LogP contribution in [-0.2, 0) is 0 Å². The molecule has 1 aromatic rings. The largest absolute Gasteiger partial charge is 0.493 e. The summed E-state index contributed by atoms with van der Waals surface area (Å²) in [6.45, 7) is 0.124. The smallest absolute Gasteiger partial charge is 0.179 e. The molecule has 3 N–H and O–H groups in total. The van der Waals surface area contributed by atoms with Crippen LogP contribution in [-0.4, -0.2) is 25.9 Å². The molecule has 0 fully saturated rings. The number of hydrogen-bond acceptors (Lipinski definition) is 4. The quantitative estimate of drug-likeness (QED) is 0.846. The van der Waals surface area contributed by atoms with E-state index >= 15 is 0 Å². The van der Waals surface area contributed by atoms with Gasteiger partial charge in [-0.1, -0.05) is 17.7 Å². The number of methoxy groups -OCH3 is 2. The molecule has 0 saturated carbocycles. The number of ether oxygens (including phenoxy) is 2. The molecule has 4 nitrogen and oxygen atoms in total. The van der Waals surface area contributed by atoms with Gasteiger partial charge in [0.15, 0.2) is 11.5 Å². The third-order valence-corrected chi connectivity index (χ3v) is 2.98. The zero-order valence-electron chi connectivity index (χ0n) is 10.5. The monoisotopic (exact) mass is 295 g/mol. The second kappa shape index (κ2) is 8.43. The maximum Gasteiger partial charge on any atom is 0.179 e. The van der Waals surface area contributed by atoms with E-state index in [9.17, 15) is 0 Å². The molecule has 1 atom stereocenters. The van der Waals surface area contributed by atoms with Crippen molar-refractivity contribution in [1.82, 2.24) is 0 Å². The Morgan fingerprint density at radius 2 is 2.00 bits per heavy atom. The van der Waals surface area contributed by atoms with Crippen LogP contribution >= 0.6 is 24.0 Å². The van der Waals surface area contributed by atoms with Crippen molar-refractivity contribution in [3.05, 3.63) is 22.7 Å². The van der Waals surface area contributed by atoms with E-state index in [1.807, 2.05) is 6.07 Å². The summed E-state index contributed by atoms with van der Waals surface area (Å²) in [5.74, 6) is 1.07. The van der Waals surface area contributed by atoms with Crippen molar-refractivity contribution < 1.29 is 14.6 Å². The first-order valence-electron chi connectivity index (χ1n) is 5.42. The first-order chi connectivity index (χ1) is 8.15. The number of hydrogen-bond donors (Lipinski definition) is 2. The number of halogens is 2. The van der Waals surface area contributed by atoms with Crippen molar-refractivity contribution in [1.29, 1.82) is 0 Å². The van der Waals surface area contributed by atoms with E-state index in [0.29, 0.717) is 29.4 Å². The summed E-state index contributed by atoms with van der Waals surface area (Å²) in [5.41, 5.74) is 6.81. The number of benzene rings is 1. The normalized spacial score (nSPS) is 11.6. The Bertz CT molecular complexity index is 375. The Morgan fingerprint density at radius 3 is 2.50 bits per heavy atom. The number of rotatable bonds is 6. The summed E-state index contributed by atoms with van der Waals surface area (Å²) in [4.78, 5) is 0. The fraction of sp³-hybridized carbons (Fsp3) is 0.500. The highest BCUT2D eigenvalue weighted by molar-refractivity contribution is 6.33. The fourth-order valence-corrected chi connectivity index (χ4v) is 2.03. The molecule has 0 saturated heterocycles. The van der Waals surface area contributed by atoms with Gasteiger partial charge < -0.3 is 20.3 Å². The minimum absolute atomic E-state index is 0. The van der Waals surface area contributed by atoms with Gasteiger partial charge in [0, 0.05) is 12.6 Å². The standard InChI is InChI=1S/C12H18ClNO3.ClH/c1-16-10-6-5-8(9(14)4-3-7-15)11(13)12(10)17-2;/h5-6,9,15H,3-4,7,14H2,1-2H3;1H/t9-;/m1./s1. The summed E-state index contributed by atoms with van der Waals surface area (Å²) in [6, 6.07) is 3.39. The van der Waals surface area contributed by atoms with Gasteiger partial charge >= 0.3 is 0 Å². The summed E-state index contributed by atoms with van der Waals surface area (Å²) >= 11 is 6.22. The van der Waals surface area contributed by atoms with Crippen molar-refractivity contribution in [3.8, 4) is 11.5 Å². The molecule has 18 heavy (non-hydrogen) atoms. The van der Waals surface area contributed by atoms with Gasteiger partial charge in [-0.3, -0.25) is 0 Å². The fourth-order valence-electron chi connectivity index (χ4n) is 1.66. The van der Waals surface area contributed by atoms with Gasteiger partial charge in [0.2, 0.25) is 0 Å². The Morgan fingerprint density at radius 1 is 1.33 bits per heavy atom. The molecule has 0 aliphatic carbocycles. The maximum absolute atomic E-state index is 8.78. The Balaban J connectivity index is 0.00000289. The molecule has 0 spiro atoms. The van der Waals surface area contributed by atoms with Crippen molar-refractivity contribution in [2.24, 2.45) is 5.73 Å². The van der Waals surface area contributed by atoms with Gasteiger partial charge in [-0.05, 0) is 24.5 Å². The number of aliphatic hydroxyl groups is 1. The van der Waals surface area contributed by atoms with Crippen molar-refractivity contribution in [2.45, 2.75) is 18.9 Å². The van der Waals surface area contributed by atoms with Gasteiger partial charge in [-0.25, -0.2) is 0 Å². The van der Waals surface area contributed by atoms with Crippen LogP contribution in [0.1, 0.15) is 24.4 Å². The number of aliphatic hydroxyl groups excluding tert-OH is 1. The molecule has 0 aliphatic heterocycles. The van der Waals surface area contributed by atoms with Gasteiger partial charge in [0.05, 0.1) is 19.2 Å². The van der Waals surface area contributed by atoms with Gasteiger partial charge in [-0.2, -0.15) is 0 Å². The van der Waals surface area contributed by atoms with Crippen LogP contribution in [0.3, 0.4) is 0 Å². The van der Waals surface area contributed by atoms with Crippen LogP contribution in [0.5, 0.6) is 11.5 Å². The third kappa shape index (κ3) is 3.92. The molecule has 1 rings (SSSR count). The molecule has 0 unspecified atom stereocenters. The van der Waals surface area contributed by atoms with Crippen LogP contribution in [0.15, 0.2) is 12.1 Å². The highest BCUT2D eigenvalue weighted by atomic mass is 35.5. The van der Waals surface area contributed by atoms with E-state index in [2.05, 4.69) is 0 Å². The Hall–Kier alpha value is -0.680.